The van der Waals surface area contributed by atoms with Gasteiger partial charge in [0.2, 0.25) is 23.6 Å². The Labute approximate surface area is 723 Å². The largest absolute Gasteiger partial charge is 0.477 e. The number of carboxylic acid groups (broad SMARTS) is 1. The fraction of sp³-hybridized carbons (Fsp3) is 0.930. The Kier molecular flexibility index (Phi) is 37.4. The van der Waals surface area contributed by atoms with E-state index in [1.165, 1.54) is 6.92 Å². The number of aliphatic hydroxyl groups is 28. The molecule has 0 aromatic heterocycles. The summed E-state index contributed by atoms with van der Waals surface area (Å²) >= 11 is 0. The molecule has 0 aliphatic carbocycles. The van der Waals surface area contributed by atoms with E-state index in [0.29, 0.717) is 0 Å². The van der Waals surface area contributed by atoms with Crippen molar-refractivity contribution >= 4 is 29.6 Å². The lowest BCUT2D eigenvalue weighted by Crippen LogP contribution is -2.70. The maximum absolute atomic E-state index is 13.1. The van der Waals surface area contributed by atoms with Gasteiger partial charge in [-0.3, -0.25) is 19.2 Å². The van der Waals surface area contributed by atoms with E-state index in [-0.39, 0.29) is 0 Å². The molecule has 0 radical (unpaired) electrons. The van der Waals surface area contributed by atoms with Crippen LogP contribution in [0.5, 0.6) is 0 Å². The highest BCUT2D eigenvalue weighted by Gasteiger charge is 2.63. The van der Waals surface area contributed by atoms with E-state index in [0.717, 1.165) is 27.7 Å². The molecule has 10 saturated heterocycles. The molecule has 10 rings (SSSR count). The number of carboxylic acids is 1. The summed E-state index contributed by atoms with van der Waals surface area (Å²) in [6, 6.07) is -7.61. The molecule has 10 aliphatic rings. The van der Waals surface area contributed by atoms with Crippen molar-refractivity contribution in [2.24, 2.45) is 0 Å². The number of hydrogen-bond acceptors (Lipinski definition) is 52. The summed E-state index contributed by atoms with van der Waals surface area (Å²) in [5.41, 5.74) is 0. The monoisotopic (exact) mass is 1870 g/mol. The fourth-order valence-corrected chi connectivity index (χ4v) is 16.5. The third-order valence-electron chi connectivity index (χ3n) is 23.4. The van der Waals surface area contributed by atoms with Gasteiger partial charge in [0, 0.05) is 34.1 Å². The van der Waals surface area contributed by atoms with Gasteiger partial charge < -0.3 is 259 Å². The van der Waals surface area contributed by atoms with Gasteiger partial charge in [0.05, 0.1) is 77.7 Å². The third kappa shape index (κ3) is 23.1. The van der Waals surface area contributed by atoms with Crippen LogP contribution in [0.25, 0.3) is 0 Å². The zero-order valence-corrected chi connectivity index (χ0v) is 68.7. The minimum absolute atomic E-state index is 0.840. The van der Waals surface area contributed by atoms with Crippen LogP contribution in [0.3, 0.4) is 0 Å². The molecule has 0 spiro atoms. The summed E-state index contributed by atoms with van der Waals surface area (Å²) in [7, 11) is 0. The second-order valence-corrected chi connectivity index (χ2v) is 32.4. The van der Waals surface area contributed by atoms with E-state index in [1.54, 1.807) is 0 Å². The first-order valence-corrected chi connectivity index (χ1v) is 40.6. The molecular weight excluding hydrogens is 1760 g/mol. The molecule has 0 saturated carbocycles. The molecule has 740 valence electrons. The topological polar surface area (TPSA) is 896 Å². The summed E-state index contributed by atoms with van der Waals surface area (Å²) in [5, 5.41) is 331. The number of nitrogens with one attached hydrogen (secondary N) is 4. The van der Waals surface area contributed by atoms with E-state index >= 15 is 0 Å². The number of hydrogen-bond donors (Lipinski definition) is 33. The Morgan fingerprint density at radius 1 is 0.336 bits per heavy atom. The van der Waals surface area contributed by atoms with Crippen LogP contribution in [0.15, 0.2) is 0 Å². The van der Waals surface area contributed by atoms with Crippen molar-refractivity contribution < 1.29 is 262 Å². The average molecular weight is 1880 g/mol. The van der Waals surface area contributed by atoms with Crippen LogP contribution in [-0.4, -0.2) is 550 Å². The van der Waals surface area contributed by atoms with Gasteiger partial charge in [0.15, 0.2) is 56.6 Å². The molecule has 0 bridgehead atoms. The van der Waals surface area contributed by atoms with Crippen LogP contribution < -0.4 is 21.3 Å². The molecule has 33 N–H and O–H groups in total. The van der Waals surface area contributed by atoms with Gasteiger partial charge >= 0.3 is 5.97 Å². The second kappa shape index (κ2) is 45.4. The number of amides is 4. The molecule has 1 unspecified atom stereocenters. The predicted octanol–water partition coefficient (Wildman–Crippen LogP) is -22.0. The highest BCUT2D eigenvalue weighted by Crippen LogP contribution is 2.42. The first-order chi connectivity index (χ1) is 60.3. The van der Waals surface area contributed by atoms with Crippen LogP contribution in [0.4, 0.5) is 0 Å². The Hall–Kier alpha value is -4.53. The van der Waals surface area contributed by atoms with Gasteiger partial charge in [-0.05, 0) is 6.92 Å². The van der Waals surface area contributed by atoms with Gasteiger partial charge in [-0.1, -0.05) is 0 Å². The Morgan fingerprint density at radius 2 is 0.672 bits per heavy atom. The SMILES string of the molecule is CC(=O)N[C@H]1[C@H](O[C@H]2[C@@H](O)[C@@H](CO[C@@H]3O[C@H](CO)[C@@H](O[C@@H]4O[C@H](CO)[C@H](O)[C@H](O[C@@H]5O[C@H](CO)[C@@H](O[C@@H]6O[C@H](CO)[C@H](O)[C@H](O)[C@H]6O[C@@H]6O[C@@H](C)[C@@H](O)[C@@H](O)[C@@H]6O)[C@H](O)[C@H]5NC(C)=O)[C@H]4O)[C@H](O)[C@H]3NC(C)=O)O[C@@H](O[C@H]3[C@H](O)[C@@H](O)C(O)O[C@@H]3CO)[C@@H]2O)O[C@H](CO)[C@@H](O[C@@H]2O[C@H](CO[C@]3(C(=O)O)C[C@H](O)[C@@H](NC(C)=O)[C@H]([C@H](O)[C@H](O)CO)O3)[C@H](O)[C@H](O)[C@H]2O)[C@@H]1O. The number of aliphatic carboxylic acids is 1. The number of carbonyl (C=O) groups excluding carboxylic acids is 4. The molecule has 0 aromatic rings. The quantitative estimate of drug-likeness (QED) is 0.0284. The van der Waals surface area contributed by atoms with Crippen LogP contribution in [-0.2, 0) is 114 Å². The molecule has 0 aromatic carbocycles. The van der Waals surface area contributed by atoms with Crippen LogP contribution in [0.1, 0.15) is 41.0 Å². The Bertz CT molecular complexity index is 3530. The van der Waals surface area contributed by atoms with Gasteiger partial charge in [0.1, 0.15) is 232 Å². The maximum atomic E-state index is 13.1. The molecule has 51 atom stereocenters. The van der Waals surface area contributed by atoms with Crippen molar-refractivity contribution in [2.75, 3.05) is 59.5 Å². The normalized spacial score (nSPS) is 48.4. The van der Waals surface area contributed by atoms with Crippen LogP contribution in [0.2, 0.25) is 0 Å². The van der Waals surface area contributed by atoms with E-state index in [2.05, 4.69) is 21.3 Å². The molecular formula is C71H118N4O53. The van der Waals surface area contributed by atoms with Crippen molar-refractivity contribution in [1.29, 1.82) is 0 Å². The lowest BCUT2D eigenvalue weighted by molar-refractivity contribution is -0.391. The van der Waals surface area contributed by atoms with Gasteiger partial charge in [0.25, 0.3) is 5.79 Å². The molecule has 57 nitrogen and oxygen atoms in total. The van der Waals surface area contributed by atoms with Gasteiger partial charge in [-0.15, -0.1) is 0 Å². The van der Waals surface area contributed by atoms with Crippen molar-refractivity contribution in [3.63, 3.8) is 0 Å². The Morgan fingerprint density at radius 3 is 1.12 bits per heavy atom. The second-order valence-electron chi connectivity index (χ2n) is 32.4. The minimum atomic E-state index is -3.08. The van der Waals surface area contributed by atoms with E-state index in [9.17, 15) is 172 Å². The molecule has 57 heteroatoms. The highest BCUT2D eigenvalue weighted by molar-refractivity contribution is 5.77. The number of aliphatic hydroxyl groups excluding tert-OH is 28. The first-order valence-electron chi connectivity index (χ1n) is 40.6. The van der Waals surface area contributed by atoms with E-state index in [4.69, 9.17) is 90.0 Å². The highest BCUT2D eigenvalue weighted by atomic mass is 16.8. The Balaban J connectivity index is 0.864. The maximum Gasteiger partial charge on any atom is 0.364 e. The first kappa shape index (κ1) is 106. The summed E-state index contributed by atoms with van der Waals surface area (Å²) in [5.74, 6) is -8.91. The van der Waals surface area contributed by atoms with Gasteiger partial charge in [-0.25, -0.2) is 4.79 Å². The van der Waals surface area contributed by atoms with Crippen molar-refractivity contribution in [3.8, 4) is 0 Å². The number of rotatable bonds is 34. The van der Waals surface area contributed by atoms with Crippen molar-refractivity contribution in [3.05, 3.63) is 0 Å². The van der Waals surface area contributed by atoms with Crippen LogP contribution in [0, 0.1) is 0 Å². The van der Waals surface area contributed by atoms with Crippen molar-refractivity contribution in [2.45, 2.75) is 353 Å². The zero-order valence-electron chi connectivity index (χ0n) is 68.7. The average Bonchev–Trinajstić information content (AvgIpc) is 0.764. The van der Waals surface area contributed by atoms with Crippen LogP contribution >= 0.6 is 0 Å². The number of ether oxygens (including phenoxy) is 19. The predicted molar refractivity (Wildman–Crippen MR) is 392 cm³/mol. The zero-order chi connectivity index (χ0) is 94.6. The van der Waals surface area contributed by atoms with E-state index in [1.807, 2.05) is 0 Å². The fourth-order valence-electron chi connectivity index (χ4n) is 16.5. The van der Waals surface area contributed by atoms with Gasteiger partial charge in [-0.2, -0.15) is 0 Å². The lowest BCUT2D eigenvalue weighted by Gasteiger charge is -2.51. The summed E-state index contributed by atoms with van der Waals surface area (Å²) in [6.45, 7) is -5.38. The standard InChI is InChI=1S/C71H118N4O53/c1-16-35(89)44(98)49(103)65(112-16)127-60-46(100)37(91)23(8-77)115-69(60)124-55-28(13-82)118-63(34(43(55)97)75-20(5)86)125-58-39(93)24(9-78)114-67(51(58)105)122-53-26(11-80)116-62(32(41(53)95)73-18(3)84)110-14-29-40(94)59(52(106)68(119-29)123-56-25(10-79)113-61(107)48(102)47(56)101)126-64-33(74-19(4)85)42(96)54(27(12-81)117-64)121-66-50(104)45(99)38(92)30(120-66)15-111-71(70(108)109)6-21(87)31(72-17(2)83)57(128-71)36(90)22(88)7-76/h16,21-69,76-82,87-107H,6-15H2,1-5H3,(H,72,83)(H,73,84)(H,74,85)(H,75,86)(H,108,109)/t16-,21-,22+,23+,24+,25+,26+,27+,28+,29+,30+,31+,32+,33+,34+,35+,36+,37-,38-,39-,40-,41+,42+,43+,44+,45-,46-,47+,48+,49-,50+,51+,52+,53+,54+,55+,56+,57+,58-,59-,60+,61?,62+,63-,64-,65-,66-,67-,68-,69-,71+/m0/s1. The van der Waals surface area contributed by atoms with E-state index < -0.39 is 408 Å². The summed E-state index contributed by atoms with van der Waals surface area (Å²) in [6.07, 6.45) is -97.4. The smallest absolute Gasteiger partial charge is 0.364 e. The molecule has 10 heterocycles. The molecule has 128 heavy (non-hydrogen) atoms. The lowest BCUT2D eigenvalue weighted by atomic mass is 9.88. The third-order valence-corrected chi connectivity index (χ3v) is 23.4. The molecule has 4 amide bonds. The number of carbonyl (C=O) groups is 5. The molecule has 10 fully saturated rings. The molecule has 10 aliphatic heterocycles. The minimum Gasteiger partial charge on any atom is -0.477 e. The van der Waals surface area contributed by atoms with Crippen molar-refractivity contribution in [1.82, 2.24) is 21.3 Å². The summed E-state index contributed by atoms with van der Waals surface area (Å²) < 4.78 is 111. The summed E-state index contributed by atoms with van der Waals surface area (Å²) in [4.78, 5) is 64.3.